The minimum atomic E-state index is 0.0101. The summed E-state index contributed by atoms with van der Waals surface area (Å²) in [6, 6.07) is 9.88. The van der Waals surface area contributed by atoms with Crippen LogP contribution in [0.25, 0.3) is 10.9 Å². The summed E-state index contributed by atoms with van der Waals surface area (Å²) in [6.07, 6.45) is 4.72. The Morgan fingerprint density at radius 3 is 2.83 bits per heavy atom. The van der Waals surface area contributed by atoms with Crippen LogP contribution in [0.15, 0.2) is 24.3 Å². The average Bonchev–Trinajstić information content (AvgIpc) is 3.28. The molecule has 0 saturated carbocycles. The van der Waals surface area contributed by atoms with Crippen molar-refractivity contribution in [3.63, 3.8) is 0 Å². The van der Waals surface area contributed by atoms with Crippen molar-refractivity contribution in [1.29, 1.82) is 0 Å². The molecule has 3 aliphatic heterocycles. The number of H-pyrrole nitrogens is 1. The van der Waals surface area contributed by atoms with Gasteiger partial charge in [-0.25, -0.2) is 0 Å². The molecule has 1 aromatic carbocycles. The second-order valence-electron chi connectivity index (χ2n) is 7.47. The Morgan fingerprint density at radius 1 is 1.17 bits per heavy atom. The minimum absolute atomic E-state index is 0.0101. The average molecular weight is 326 g/mol. The van der Waals surface area contributed by atoms with E-state index in [0.717, 1.165) is 26.1 Å². The smallest absolute Gasteiger partial charge is 0.160 e. The van der Waals surface area contributed by atoms with Gasteiger partial charge in [-0.3, -0.25) is 4.90 Å². The Hall–Kier alpha value is -1.36. The highest BCUT2D eigenvalue weighted by Gasteiger charge is 2.43. The molecular formula is C20H26N2O2. The zero-order chi connectivity index (χ0) is 16.1. The molecule has 0 bridgehead atoms. The number of fused-ring (bicyclic) bond motifs is 5. The van der Waals surface area contributed by atoms with Gasteiger partial charge in [-0.2, -0.15) is 0 Å². The summed E-state index contributed by atoms with van der Waals surface area (Å²) in [5, 5.41) is 1.41. The third-order valence-corrected chi connectivity index (χ3v) is 6.27. The third kappa shape index (κ3) is 2.24. The van der Waals surface area contributed by atoms with Crippen molar-refractivity contribution in [3.8, 4) is 0 Å². The molecule has 24 heavy (non-hydrogen) atoms. The van der Waals surface area contributed by atoms with Gasteiger partial charge in [0, 0.05) is 35.1 Å². The molecule has 0 amide bonds. The highest BCUT2D eigenvalue weighted by molar-refractivity contribution is 5.85. The maximum atomic E-state index is 5.86. The molecule has 3 aliphatic rings. The quantitative estimate of drug-likeness (QED) is 0.916. The second kappa shape index (κ2) is 5.87. The fourth-order valence-electron chi connectivity index (χ4n) is 5.17. The normalized spacial score (nSPS) is 31.3. The van der Waals surface area contributed by atoms with Gasteiger partial charge in [-0.1, -0.05) is 25.1 Å². The van der Waals surface area contributed by atoms with Gasteiger partial charge in [0.2, 0.25) is 0 Å². The first-order chi connectivity index (χ1) is 11.8. The van der Waals surface area contributed by atoms with E-state index in [-0.39, 0.29) is 6.29 Å². The van der Waals surface area contributed by atoms with Crippen molar-refractivity contribution < 1.29 is 9.47 Å². The zero-order valence-electron chi connectivity index (χ0n) is 14.3. The van der Waals surface area contributed by atoms with Crippen molar-refractivity contribution in [2.75, 3.05) is 19.8 Å². The van der Waals surface area contributed by atoms with E-state index in [2.05, 4.69) is 41.1 Å². The summed E-state index contributed by atoms with van der Waals surface area (Å²) >= 11 is 0. The molecule has 2 aromatic rings. The Bertz CT molecular complexity index is 734. The molecule has 5 rings (SSSR count). The molecule has 1 N–H and O–H groups in total. The lowest BCUT2D eigenvalue weighted by Crippen LogP contribution is -2.49. The summed E-state index contributed by atoms with van der Waals surface area (Å²) in [7, 11) is 0. The van der Waals surface area contributed by atoms with Crippen LogP contribution in [0.5, 0.6) is 0 Å². The maximum Gasteiger partial charge on any atom is 0.160 e. The van der Waals surface area contributed by atoms with E-state index in [1.807, 2.05) is 0 Å². The van der Waals surface area contributed by atoms with Gasteiger partial charge >= 0.3 is 0 Å². The fourth-order valence-corrected chi connectivity index (χ4v) is 5.17. The van der Waals surface area contributed by atoms with Crippen LogP contribution in [0.4, 0.5) is 0 Å². The lowest BCUT2D eigenvalue weighted by molar-refractivity contribution is -0.116. The van der Waals surface area contributed by atoms with Crippen LogP contribution in [0.3, 0.4) is 0 Å². The van der Waals surface area contributed by atoms with Crippen LogP contribution in [0.2, 0.25) is 0 Å². The van der Waals surface area contributed by atoms with Crippen molar-refractivity contribution >= 4 is 10.9 Å². The molecule has 4 heterocycles. The number of hydrogen-bond acceptors (Lipinski definition) is 3. The summed E-state index contributed by atoms with van der Waals surface area (Å²) in [4.78, 5) is 6.49. The predicted octanol–water partition coefficient (Wildman–Crippen LogP) is 3.63. The number of nitrogens with zero attached hydrogens (tertiary/aromatic N) is 1. The van der Waals surface area contributed by atoms with E-state index >= 15 is 0 Å². The molecule has 0 unspecified atom stereocenters. The van der Waals surface area contributed by atoms with E-state index < -0.39 is 0 Å². The monoisotopic (exact) mass is 326 g/mol. The van der Waals surface area contributed by atoms with Gasteiger partial charge in [0.1, 0.15) is 0 Å². The van der Waals surface area contributed by atoms with Gasteiger partial charge in [-0.05, 0) is 37.3 Å². The molecule has 4 heteroatoms. The third-order valence-electron chi connectivity index (χ3n) is 6.27. The minimum Gasteiger partial charge on any atom is -0.357 e. The van der Waals surface area contributed by atoms with E-state index in [9.17, 15) is 0 Å². The Labute approximate surface area is 143 Å². The van der Waals surface area contributed by atoms with Gasteiger partial charge in [0.05, 0.1) is 19.3 Å². The number of rotatable bonds is 2. The number of benzene rings is 1. The fraction of sp³-hybridized carbons (Fsp3) is 0.600. The number of aromatic amines is 1. The SMILES string of the molecule is CC[C@H]1C[C@@H](C2OCCO2)C[C@H]2c3[nH]c4ccccc4c3CCN12. The van der Waals surface area contributed by atoms with Crippen molar-refractivity contribution in [2.45, 2.75) is 51.0 Å². The standard InChI is InChI=1S/C20H26N2O2/c1-2-14-11-13(20-23-9-10-24-20)12-18-19-16(7-8-22(14)18)15-5-3-4-6-17(15)21-19/h3-6,13-14,18,20-21H,2,7-12H2,1H3/t13-,14+,18+/m1/s1. The van der Waals surface area contributed by atoms with E-state index in [0.29, 0.717) is 18.0 Å². The number of ether oxygens (including phenoxy) is 2. The van der Waals surface area contributed by atoms with Gasteiger partial charge in [0.25, 0.3) is 0 Å². The second-order valence-corrected chi connectivity index (χ2v) is 7.47. The molecular weight excluding hydrogens is 300 g/mol. The van der Waals surface area contributed by atoms with Crippen molar-refractivity contribution in [2.24, 2.45) is 5.92 Å². The molecule has 128 valence electrons. The topological polar surface area (TPSA) is 37.5 Å². The predicted molar refractivity (Wildman–Crippen MR) is 93.9 cm³/mol. The molecule has 0 aliphatic carbocycles. The number of aromatic nitrogens is 1. The number of hydrogen-bond donors (Lipinski definition) is 1. The Morgan fingerprint density at radius 2 is 2.00 bits per heavy atom. The van der Waals surface area contributed by atoms with Crippen LogP contribution in [0.1, 0.15) is 43.5 Å². The van der Waals surface area contributed by atoms with Crippen LogP contribution < -0.4 is 0 Å². The highest BCUT2D eigenvalue weighted by atomic mass is 16.7. The van der Waals surface area contributed by atoms with Crippen LogP contribution in [0, 0.1) is 5.92 Å². The van der Waals surface area contributed by atoms with Crippen LogP contribution in [-0.2, 0) is 15.9 Å². The molecule has 0 radical (unpaired) electrons. The summed E-state index contributed by atoms with van der Waals surface area (Å²) in [5.74, 6) is 0.510. The molecule has 3 atom stereocenters. The highest BCUT2D eigenvalue weighted by Crippen LogP contribution is 2.45. The van der Waals surface area contributed by atoms with Crippen LogP contribution in [-0.4, -0.2) is 42.0 Å². The lowest BCUT2D eigenvalue weighted by atomic mass is 9.80. The molecule has 1 aromatic heterocycles. The number of para-hydroxylation sites is 1. The summed E-state index contributed by atoms with van der Waals surface area (Å²) < 4.78 is 11.7. The lowest BCUT2D eigenvalue weighted by Gasteiger charge is -2.48. The zero-order valence-corrected chi connectivity index (χ0v) is 14.3. The first-order valence-electron chi connectivity index (χ1n) is 9.43. The largest absolute Gasteiger partial charge is 0.357 e. The first-order valence-corrected chi connectivity index (χ1v) is 9.43. The maximum absolute atomic E-state index is 5.86. The Kier molecular flexibility index (Phi) is 3.65. The van der Waals surface area contributed by atoms with E-state index in [1.165, 1.54) is 41.5 Å². The van der Waals surface area contributed by atoms with Crippen molar-refractivity contribution in [1.82, 2.24) is 9.88 Å². The van der Waals surface area contributed by atoms with E-state index in [4.69, 9.17) is 9.47 Å². The molecule has 0 spiro atoms. The first kappa shape index (κ1) is 14.9. The molecule has 2 saturated heterocycles. The van der Waals surface area contributed by atoms with E-state index in [1.54, 1.807) is 0 Å². The number of piperidine rings is 1. The van der Waals surface area contributed by atoms with Gasteiger partial charge < -0.3 is 14.5 Å². The summed E-state index contributed by atoms with van der Waals surface area (Å²) in [5.41, 5.74) is 4.27. The van der Waals surface area contributed by atoms with Gasteiger partial charge in [0.15, 0.2) is 6.29 Å². The summed E-state index contributed by atoms with van der Waals surface area (Å²) in [6.45, 7) is 5.01. The molecule has 4 nitrogen and oxygen atoms in total. The molecule has 2 fully saturated rings. The number of nitrogens with one attached hydrogen (secondary N) is 1. The van der Waals surface area contributed by atoms with Crippen molar-refractivity contribution in [3.05, 3.63) is 35.5 Å². The Balaban J connectivity index is 1.53. The van der Waals surface area contributed by atoms with Gasteiger partial charge in [-0.15, -0.1) is 0 Å². The van der Waals surface area contributed by atoms with Crippen LogP contribution >= 0.6 is 0 Å².